The van der Waals surface area contributed by atoms with Gasteiger partial charge in [0, 0.05) is 6.92 Å². The van der Waals surface area contributed by atoms with Crippen molar-refractivity contribution >= 4 is 5.91 Å². The van der Waals surface area contributed by atoms with Crippen molar-refractivity contribution in [3.05, 3.63) is 126 Å². The van der Waals surface area contributed by atoms with Crippen molar-refractivity contribution in [3.63, 3.8) is 0 Å². The number of hydrogen-bond donors (Lipinski definition) is 1. The minimum atomic E-state index is -0.829. The summed E-state index contributed by atoms with van der Waals surface area (Å²) in [6.07, 6.45) is 9.55. The minimum Gasteiger partial charge on any atom is -1.00 e. The van der Waals surface area contributed by atoms with Gasteiger partial charge in [0.15, 0.2) is 0 Å². The maximum atomic E-state index is 13.4. The van der Waals surface area contributed by atoms with E-state index >= 15 is 0 Å². The molecule has 192 valence electrons. The van der Waals surface area contributed by atoms with Gasteiger partial charge >= 0.3 is 0 Å². The molecule has 37 heavy (non-hydrogen) atoms. The standard InChI is InChI=1S/C32H35N3O.BrH/c1-25-34(21-11-14-26-12-5-2-6-13-26)22-23-35(25)30-20-19-29(24-30)32(31(33)36,27-15-7-3-8-16-27)28-17-9-4-10-18-28;/h2-10,12-13,15-18,22-23,29-30H,11,14,19-21,24H2,1H3,(H-,33,36);1H/t29-,30+;/m1./s1. The predicted molar refractivity (Wildman–Crippen MR) is 143 cm³/mol. The molecule has 2 N–H and O–H groups in total. The highest BCUT2D eigenvalue weighted by atomic mass is 79.9. The zero-order chi connectivity index (χ0) is 25.0. The van der Waals surface area contributed by atoms with E-state index in [1.54, 1.807) is 0 Å². The fourth-order valence-corrected chi connectivity index (χ4v) is 6.37. The second-order valence-electron chi connectivity index (χ2n) is 10.1. The van der Waals surface area contributed by atoms with E-state index in [9.17, 15) is 4.79 Å². The van der Waals surface area contributed by atoms with E-state index in [2.05, 4.69) is 83.0 Å². The molecule has 5 rings (SSSR count). The monoisotopic (exact) mass is 557 g/mol. The molecule has 0 saturated heterocycles. The topological polar surface area (TPSA) is 51.9 Å². The normalized spacial score (nSPS) is 17.3. The van der Waals surface area contributed by atoms with Gasteiger partial charge in [-0.1, -0.05) is 91.0 Å². The molecule has 1 aliphatic carbocycles. The van der Waals surface area contributed by atoms with Gasteiger partial charge in [0.2, 0.25) is 5.91 Å². The first-order chi connectivity index (χ1) is 17.6. The van der Waals surface area contributed by atoms with E-state index in [0.717, 1.165) is 49.8 Å². The summed E-state index contributed by atoms with van der Waals surface area (Å²) in [5, 5.41) is 0. The number of aromatic nitrogens is 2. The van der Waals surface area contributed by atoms with Gasteiger partial charge in [0.1, 0.15) is 23.9 Å². The molecule has 0 unspecified atom stereocenters. The lowest BCUT2D eigenvalue weighted by molar-refractivity contribution is -0.702. The van der Waals surface area contributed by atoms with Crippen LogP contribution in [0.4, 0.5) is 0 Å². The second-order valence-corrected chi connectivity index (χ2v) is 10.1. The SMILES string of the molecule is Cc1n([C@H]2CC[C@@H](C(C(N)=O)(c3ccccc3)c3ccccc3)C2)cc[n+]1CCCc1ccccc1.[Br-]. The Morgan fingerprint density at radius 2 is 1.49 bits per heavy atom. The Hall–Kier alpha value is -3.18. The molecule has 1 amide bonds. The van der Waals surface area contributed by atoms with Crippen molar-refractivity contribution in [3.8, 4) is 0 Å². The predicted octanol–water partition coefficient (Wildman–Crippen LogP) is 2.53. The van der Waals surface area contributed by atoms with Gasteiger partial charge in [0.25, 0.3) is 5.82 Å². The summed E-state index contributed by atoms with van der Waals surface area (Å²) in [5.41, 5.74) is 8.83. The molecule has 5 heteroatoms. The number of imidazole rings is 1. The van der Waals surface area contributed by atoms with Crippen LogP contribution >= 0.6 is 0 Å². The Balaban J connectivity index is 0.00000320. The van der Waals surface area contributed by atoms with E-state index < -0.39 is 5.41 Å². The number of benzene rings is 3. The Morgan fingerprint density at radius 3 is 2.05 bits per heavy atom. The third-order valence-corrected chi connectivity index (χ3v) is 8.16. The molecule has 0 radical (unpaired) electrons. The number of nitrogens with zero attached hydrogens (tertiary/aromatic N) is 2. The first kappa shape index (κ1) is 26.9. The lowest BCUT2D eigenvalue weighted by atomic mass is 9.64. The number of carbonyl (C=O) groups is 1. The van der Waals surface area contributed by atoms with Crippen LogP contribution in [0.3, 0.4) is 0 Å². The average molecular weight is 559 g/mol. The quantitative estimate of drug-likeness (QED) is 0.316. The Labute approximate surface area is 230 Å². The van der Waals surface area contributed by atoms with E-state index in [4.69, 9.17) is 5.73 Å². The molecule has 4 aromatic rings. The van der Waals surface area contributed by atoms with Crippen LogP contribution in [0.15, 0.2) is 103 Å². The first-order valence-corrected chi connectivity index (χ1v) is 13.1. The number of primary amides is 1. The molecule has 0 spiro atoms. The summed E-state index contributed by atoms with van der Waals surface area (Å²) in [6, 6.07) is 31.3. The number of amides is 1. The van der Waals surface area contributed by atoms with Crippen molar-refractivity contribution < 1.29 is 26.3 Å². The number of carbonyl (C=O) groups excluding carboxylic acids is 1. The zero-order valence-corrected chi connectivity index (χ0v) is 23.1. The fourth-order valence-electron chi connectivity index (χ4n) is 6.37. The molecule has 3 aromatic carbocycles. The van der Waals surface area contributed by atoms with Crippen molar-refractivity contribution in [2.45, 2.75) is 57.0 Å². The third-order valence-electron chi connectivity index (χ3n) is 8.16. The van der Waals surface area contributed by atoms with Gasteiger partial charge in [-0.25, -0.2) is 9.13 Å². The highest BCUT2D eigenvalue weighted by Crippen LogP contribution is 2.49. The van der Waals surface area contributed by atoms with Crippen molar-refractivity contribution in [2.75, 3.05) is 0 Å². The Kier molecular flexibility index (Phi) is 8.65. The summed E-state index contributed by atoms with van der Waals surface area (Å²) in [4.78, 5) is 13.4. The molecule has 1 saturated carbocycles. The number of nitrogens with two attached hydrogens (primary N) is 1. The molecule has 1 heterocycles. The molecule has 1 aromatic heterocycles. The average Bonchev–Trinajstić information content (AvgIpc) is 3.53. The van der Waals surface area contributed by atoms with Crippen LogP contribution in [0.25, 0.3) is 0 Å². The van der Waals surface area contributed by atoms with Crippen LogP contribution in [0.5, 0.6) is 0 Å². The maximum Gasteiger partial charge on any atom is 0.253 e. The van der Waals surface area contributed by atoms with Gasteiger partial charge in [-0.15, -0.1) is 0 Å². The van der Waals surface area contributed by atoms with Crippen LogP contribution < -0.4 is 27.3 Å². The number of hydrogen-bond acceptors (Lipinski definition) is 1. The lowest BCUT2D eigenvalue weighted by Crippen LogP contribution is -3.00. The Bertz CT molecular complexity index is 1250. The Morgan fingerprint density at radius 1 is 0.919 bits per heavy atom. The van der Waals surface area contributed by atoms with Crippen LogP contribution in [0, 0.1) is 12.8 Å². The van der Waals surface area contributed by atoms with Crippen LogP contribution in [-0.4, -0.2) is 10.5 Å². The molecule has 0 aliphatic heterocycles. The van der Waals surface area contributed by atoms with Crippen molar-refractivity contribution in [2.24, 2.45) is 11.7 Å². The smallest absolute Gasteiger partial charge is 0.253 e. The van der Waals surface area contributed by atoms with Crippen LogP contribution in [0.2, 0.25) is 0 Å². The molecule has 4 nitrogen and oxygen atoms in total. The highest BCUT2D eigenvalue weighted by molar-refractivity contribution is 5.91. The van der Waals surface area contributed by atoms with Crippen LogP contribution in [-0.2, 0) is 23.2 Å². The number of aryl methyl sites for hydroxylation is 2. The van der Waals surface area contributed by atoms with E-state index in [1.807, 2.05) is 36.4 Å². The van der Waals surface area contributed by atoms with E-state index in [-0.39, 0.29) is 28.8 Å². The number of rotatable bonds is 9. The summed E-state index contributed by atoms with van der Waals surface area (Å²) < 4.78 is 4.79. The molecule has 0 bridgehead atoms. The molecule has 1 fully saturated rings. The van der Waals surface area contributed by atoms with Gasteiger partial charge in [-0.3, -0.25) is 4.79 Å². The second kappa shape index (κ2) is 11.9. The third kappa shape index (κ3) is 5.28. The van der Waals surface area contributed by atoms with Crippen molar-refractivity contribution in [1.82, 2.24) is 4.57 Å². The van der Waals surface area contributed by atoms with E-state index in [0.29, 0.717) is 6.04 Å². The summed E-state index contributed by atoms with van der Waals surface area (Å²) >= 11 is 0. The van der Waals surface area contributed by atoms with Gasteiger partial charge in [-0.2, -0.15) is 0 Å². The summed E-state index contributed by atoms with van der Waals surface area (Å²) in [5.74, 6) is 1.15. The minimum absolute atomic E-state index is 0. The fraction of sp³-hybridized carbons (Fsp3) is 0.312. The molecular weight excluding hydrogens is 522 g/mol. The van der Waals surface area contributed by atoms with Gasteiger partial charge in [0.05, 0.1) is 6.54 Å². The van der Waals surface area contributed by atoms with E-state index in [1.165, 1.54) is 11.4 Å². The van der Waals surface area contributed by atoms with Crippen LogP contribution in [0.1, 0.15) is 54.2 Å². The molecule has 1 aliphatic rings. The zero-order valence-electron chi connectivity index (χ0n) is 21.5. The highest BCUT2D eigenvalue weighted by Gasteiger charge is 2.51. The van der Waals surface area contributed by atoms with Gasteiger partial charge < -0.3 is 22.7 Å². The first-order valence-electron chi connectivity index (χ1n) is 13.1. The molecular formula is C32H36BrN3O. The lowest BCUT2D eigenvalue weighted by Gasteiger charge is -2.37. The summed E-state index contributed by atoms with van der Waals surface area (Å²) in [7, 11) is 0. The summed E-state index contributed by atoms with van der Waals surface area (Å²) in [6.45, 7) is 3.22. The van der Waals surface area contributed by atoms with Crippen molar-refractivity contribution in [1.29, 1.82) is 0 Å². The van der Waals surface area contributed by atoms with Gasteiger partial charge in [-0.05, 0) is 54.7 Å². The largest absolute Gasteiger partial charge is 1.00 e. The number of halogens is 1. The maximum absolute atomic E-state index is 13.4. The molecule has 2 atom stereocenters.